The van der Waals surface area contributed by atoms with E-state index in [1.807, 2.05) is 0 Å². The molecule has 1 saturated carbocycles. The maximum absolute atomic E-state index is 13.0. The summed E-state index contributed by atoms with van der Waals surface area (Å²) in [5, 5.41) is 9.40. The molecule has 1 aliphatic carbocycles. The van der Waals surface area contributed by atoms with E-state index in [1.54, 1.807) is 0 Å². The summed E-state index contributed by atoms with van der Waals surface area (Å²) in [6.45, 7) is 0. The summed E-state index contributed by atoms with van der Waals surface area (Å²) in [7, 11) is 0. The first-order valence-electron chi connectivity index (χ1n) is 4.01. The highest BCUT2D eigenvalue weighted by Gasteiger charge is 2.47. The molecule has 0 spiro atoms. The zero-order valence-corrected chi connectivity index (χ0v) is 6.95. The first kappa shape index (κ1) is 9.45. The van der Waals surface area contributed by atoms with Crippen LogP contribution in [0.1, 0.15) is 18.4 Å². The van der Waals surface area contributed by atoms with Crippen LogP contribution in [0.4, 0.5) is 17.6 Å². The van der Waals surface area contributed by atoms with E-state index in [0.717, 1.165) is 0 Å². The van der Waals surface area contributed by atoms with E-state index in [-0.39, 0.29) is 18.9 Å². The fourth-order valence-corrected chi connectivity index (χ4v) is 1.35. The Kier molecular flexibility index (Phi) is 1.82. The summed E-state index contributed by atoms with van der Waals surface area (Å²) in [5.74, 6) is -5.99. The lowest BCUT2D eigenvalue weighted by molar-refractivity contribution is 0.138. The van der Waals surface area contributed by atoms with E-state index in [1.165, 1.54) is 0 Å². The first-order chi connectivity index (χ1) is 6.46. The highest BCUT2D eigenvalue weighted by molar-refractivity contribution is 5.32. The van der Waals surface area contributed by atoms with Crippen LogP contribution in [0.15, 0.2) is 6.07 Å². The highest BCUT2D eigenvalue weighted by Crippen LogP contribution is 2.47. The van der Waals surface area contributed by atoms with Gasteiger partial charge in [0, 0.05) is 6.07 Å². The molecular formula is C9H6F4O. The zero-order valence-electron chi connectivity index (χ0n) is 6.95. The monoisotopic (exact) mass is 206 g/mol. The van der Waals surface area contributed by atoms with Gasteiger partial charge in [0.1, 0.15) is 0 Å². The smallest absolute Gasteiger partial charge is 0.168 e. The average molecular weight is 206 g/mol. The molecule has 0 aliphatic heterocycles. The maximum Gasteiger partial charge on any atom is 0.168 e. The van der Waals surface area contributed by atoms with Gasteiger partial charge in [-0.2, -0.15) is 0 Å². The van der Waals surface area contributed by atoms with Crippen molar-refractivity contribution in [2.24, 2.45) is 0 Å². The van der Waals surface area contributed by atoms with Crippen molar-refractivity contribution >= 4 is 0 Å². The van der Waals surface area contributed by atoms with E-state index in [4.69, 9.17) is 0 Å². The molecule has 1 N–H and O–H groups in total. The third-order valence-electron chi connectivity index (χ3n) is 2.30. The number of hydrogen-bond donors (Lipinski definition) is 1. The molecule has 0 saturated heterocycles. The molecule has 0 heterocycles. The Bertz CT molecular complexity index is 372. The second-order valence-electron chi connectivity index (χ2n) is 3.37. The molecule has 1 fully saturated rings. The van der Waals surface area contributed by atoms with Crippen LogP contribution in [-0.4, -0.2) is 5.11 Å². The Labute approximate surface area is 77.0 Å². The van der Waals surface area contributed by atoms with Gasteiger partial charge in [-0.3, -0.25) is 0 Å². The summed E-state index contributed by atoms with van der Waals surface area (Å²) < 4.78 is 51.4. The van der Waals surface area contributed by atoms with Gasteiger partial charge in [0.05, 0.1) is 11.2 Å². The maximum atomic E-state index is 13.0. The lowest BCUT2D eigenvalue weighted by Gasteiger charge is -2.11. The predicted octanol–water partition coefficient (Wildman–Crippen LogP) is 2.22. The molecule has 5 heteroatoms. The molecule has 2 rings (SSSR count). The molecule has 14 heavy (non-hydrogen) atoms. The van der Waals surface area contributed by atoms with Crippen molar-refractivity contribution in [3.8, 4) is 0 Å². The van der Waals surface area contributed by atoms with Gasteiger partial charge < -0.3 is 5.11 Å². The van der Waals surface area contributed by atoms with E-state index in [9.17, 15) is 22.7 Å². The molecular weight excluding hydrogens is 200 g/mol. The van der Waals surface area contributed by atoms with Crippen LogP contribution in [-0.2, 0) is 5.60 Å². The van der Waals surface area contributed by atoms with E-state index >= 15 is 0 Å². The van der Waals surface area contributed by atoms with Crippen LogP contribution in [0.5, 0.6) is 0 Å². The fourth-order valence-electron chi connectivity index (χ4n) is 1.35. The quantitative estimate of drug-likeness (QED) is 0.551. The summed E-state index contributed by atoms with van der Waals surface area (Å²) in [4.78, 5) is 0. The van der Waals surface area contributed by atoms with Crippen LogP contribution in [0.3, 0.4) is 0 Å². The molecule has 0 atom stereocenters. The number of benzene rings is 1. The van der Waals surface area contributed by atoms with E-state index in [2.05, 4.69) is 0 Å². The van der Waals surface area contributed by atoms with Crippen LogP contribution in [0.2, 0.25) is 0 Å². The standard InChI is InChI=1S/C9H6F4O/c10-4-3-5(11)8(13)6(7(4)12)9(14)1-2-9/h3,14H,1-2H2. The van der Waals surface area contributed by atoms with Gasteiger partial charge in [-0.05, 0) is 12.8 Å². The second kappa shape index (κ2) is 2.70. The molecule has 0 amide bonds. The van der Waals surface area contributed by atoms with Crippen molar-refractivity contribution in [1.82, 2.24) is 0 Å². The van der Waals surface area contributed by atoms with Gasteiger partial charge in [-0.15, -0.1) is 0 Å². The lowest BCUT2D eigenvalue weighted by Crippen LogP contribution is -2.13. The van der Waals surface area contributed by atoms with Crippen molar-refractivity contribution in [1.29, 1.82) is 0 Å². The minimum atomic E-state index is -1.73. The number of rotatable bonds is 1. The van der Waals surface area contributed by atoms with Gasteiger partial charge in [0.2, 0.25) is 0 Å². The van der Waals surface area contributed by atoms with E-state index in [0.29, 0.717) is 0 Å². The average Bonchev–Trinajstić information content (AvgIpc) is 2.81. The van der Waals surface area contributed by atoms with Crippen LogP contribution < -0.4 is 0 Å². The van der Waals surface area contributed by atoms with Crippen molar-refractivity contribution in [2.45, 2.75) is 18.4 Å². The third-order valence-corrected chi connectivity index (χ3v) is 2.30. The largest absolute Gasteiger partial charge is 0.385 e. The Balaban J connectivity index is 2.68. The number of hydrogen-bond acceptors (Lipinski definition) is 1. The first-order valence-corrected chi connectivity index (χ1v) is 4.01. The van der Waals surface area contributed by atoms with Gasteiger partial charge in [-0.25, -0.2) is 17.6 Å². The molecule has 1 aliphatic rings. The Hall–Kier alpha value is -1.10. The molecule has 0 bridgehead atoms. The van der Waals surface area contributed by atoms with Crippen LogP contribution >= 0.6 is 0 Å². The Morgan fingerprint density at radius 3 is 1.79 bits per heavy atom. The minimum Gasteiger partial charge on any atom is -0.385 e. The third kappa shape index (κ3) is 1.19. The SMILES string of the molecule is OC1(c2c(F)c(F)cc(F)c2F)CC1. The normalized spacial score (nSPS) is 18.4. The van der Waals surface area contributed by atoms with Crippen molar-refractivity contribution in [2.75, 3.05) is 0 Å². The molecule has 1 nitrogen and oxygen atoms in total. The molecule has 76 valence electrons. The van der Waals surface area contributed by atoms with Crippen molar-refractivity contribution < 1.29 is 22.7 Å². The fraction of sp³-hybridized carbons (Fsp3) is 0.333. The Morgan fingerprint density at radius 2 is 1.43 bits per heavy atom. The Morgan fingerprint density at radius 1 is 1.00 bits per heavy atom. The van der Waals surface area contributed by atoms with Gasteiger partial charge >= 0.3 is 0 Å². The highest BCUT2D eigenvalue weighted by atomic mass is 19.2. The second-order valence-corrected chi connectivity index (χ2v) is 3.37. The topological polar surface area (TPSA) is 20.2 Å². The van der Waals surface area contributed by atoms with Gasteiger partial charge in [0.25, 0.3) is 0 Å². The predicted molar refractivity (Wildman–Crippen MR) is 39.4 cm³/mol. The van der Waals surface area contributed by atoms with Gasteiger partial charge in [-0.1, -0.05) is 0 Å². The number of halogens is 4. The molecule has 0 radical (unpaired) electrons. The molecule has 0 unspecified atom stereocenters. The molecule has 0 aromatic heterocycles. The summed E-state index contributed by atoms with van der Waals surface area (Å²) in [6, 6.07) is 0.125. The number of aliphatic hydroxyl groups is 1. The summed E-state index contributed by atoms with van der Waals surface area (Å²) in [5.41, 5.74) is -2.62. The van der Waals surface area contributed by atoms with E-state index < -0.39 is 34.4 Å². The van der Waals surface area contributed by atoms with Gasteiger partial charge in [0.15, 0.2) is 23.3 Å². The lowest BCUT2D eigenvalue weighted by atomic mass is 10.1. The zero-order chi connectivity index (χ0) is 10.5. The molecule has 1 aromatic rings. The summed E-state index contributed by atoms with van der Waals surface area (Å²) in [6.07, 6.45) is 0.230. The van der Waals surface area contributed by atoms with Crippen LogP contribution in [0, 0.1) is 23.3 Å². The molecule has 1 aromatic carbocycles. The van der Waals surface area contributed by atoms with Crippen LogP contribution in [0.25, 0.3) is 0 Å². The summed E-state index contributed by atoms with van der Waals surface area (Å²) >= 11 is 0. The van der Waals surface area contributed by atoms with Crippen molar-refractivity contribution in [3.63, 3.8) is 0 Å². The van der Waals surface area contributed by atoms with Crippen molar-refractivity contribution in [3.05, 3.63) is 34.9 Å². The minimum absolute atomic E-state index is 0.115.